The molecule has 2 heterocycles. The van der Waals surface area contributed by atoms with Crippen LogP contribution in [0, 0.1) is 0 Å². The summed E-state index contributed by atoms with van der Waals surface area (Å²) < 4.78 is 33.0. The number of hydrogen-bond donors (Lipinski definition) is 0. The minimum Gasteiger partial charge on any atom is -0.470 e. The summed E-state index contributed by atoms with van der Waals surface area (Å²) in [6.45, 7) is 5.32. The maximum absolute atomic E-state index is 12.6. The van der Waals surface area contributed by atoms with E-state index in [1.54, 1.807) is 43.1 Å². The number of sulfonamides is 1. The van der Waals surface area contributed by atoms with Crippen molar-refractivity contribution in [3.8, 4) is 5.88 Å². The molecule has 150 valence electrons. The molecule has 0 spiro atoms. The highest BCUT2D eigenvalue weighted by Gasteiger charge is 2.33. The van der Waals surface area contributed by atoms with Gasteiger partial charge in [-0.1, -0.05) is 13.8 Å². The summed E-state index contributed by atoms with van der Waals surface area (Å²) in [6.07, 6.45) is 1.53. The van der Waals surface area contributed by atoms with Gasteiger partial charge >= 0.3 is 0 Å². The maximum Gasteiger partial charge on any atom is 0.254 e. The number of pyridine rings is 1. The third kappa shape index (κ3) is 4.21. The largest absolute Gasteiger partial charge is 0.470 e. The van der Waals surface area contributed by atoms with Crippen molar-refractivity contribution >= 4 is 31.9 Å². The Kier molecular flexibility index (Phi) is 6.36. The first-order valence-corrected chi connectivity index (χ1v) is 11.3. The molecular formula is C19H22BrN3O4S. The second-order valence-electron chi connectivity index (χ2n) is 6.35. The molecule has 28 heavy (non-hydrogen) atoms. The molecule has 9 heteroatoms. The van der Waals surface area contributed by atoms with E-state index in [0.29, 0.717) is 37.6 Å². The molecular weight excluding hydrogens is 446 g/mol. The highest BCUT2D eigenvalue weighted by atomic mass is 79.9. The zero-order valence-electron chi connectivity index (χ0n) is 15.7. The first kappa shape index (κ1) is 20.8. The molecule has 0 saturated carbocycles. The molecule has 0 aliphatic carbocycles. The van der Waals surface area contributed by atoms with Gasteiger partial charge in [-0.2, -0.15) is 4.31 Å². The van der Waals surface area contributed by atoms with E-state index < -0.39 is 10.0 Å². The average molecular weight is 468 g/mol. The Balaban J connectivity index is 1.61. The summed E-state index contributed by atoms with van der Waals surface area (Å²) >= 11 is 3.38. The van der Waals surface area contributed by atoms with Crippen LogP contribution >= 0.6 is 15.9 Å². The van der Waals surface area contributed by atoms with Gasteiger partial charge in [0, 0.05) is 24.8 Å². The van der Waals surface area contributed by atoms with Crippen LogP contribution in [0.1, 0.15) is 24.2 Å². The van der Waals surface area contributed by atoms with E-state index in [-0.39, 0.29) is 16.9 Å². The van der Waals surface area contributed by atoms with Gasteiger partial charge in [0.1, 0.15) is 6.10 Å². The molecule has 0 N–H and O–H groups in total. The van der Waals surface area contributed by atoms with Crippen LogP contribution in [0.25, 0.3) is 0 Å². The lowest BCUT2D eigenvalue weighted by Crippen LogP contribution is -2.56. The number of hydrogen-bond acceptors (Lipinski definition) is 5. The Morgan fingerprint density at radius 1 is 1.21 bits per heavy atom. The highest BCUT2D eigenvalue weighted by molar-refractivity contribution is 9.10. The van der Waals surface area contributed by atoms with E-state index in [1.807, 2.05) is 6.07 Å². The lowest BCUT2D eigenvalue weighted by Gasteiger charge is -2.38. The van der Waals surface area contributed by atoms with Gasteiger partial charge in [0.15, 0.2) is 0 Å². The van der Waals surface area contributed by atoms with Crippen LogP contribution in [0.2, 0.25) is 0 Å². The quantitative estimate of drug-likeness (QED) is 0.625. The van der Waals surface area contributed by atoms with E-state index >= 15 is 0 Å². The molecule has 1 aromatic heterocycles. The molecule has 2 aromatic rings. The zero-order chi connectivity index (χ0) is 20.3. The second kappa shape index (κ2) is 8.59. The number of aromatic nitrogens is 1. The van der Waals surface area contributed by atoms with Crippen LogP contribution in [0.5, 0.6) is 5.88 Å². The first-order chi connectivity index (χ1) is 13.4. The van der Waals surface area contributed by atoms with Crippen molar-refractivity contribution in [3.63, 3.8) is 0 Å². The number of rotatable bonds is 7. The van der Waals surface area contributed by atoms with Gasteiger partial charge < -0.3 is 9.64 Å². The molecule has 0 radical (unpaired) electrons. The molecule has 1 amide bonds. The van der Waals surface area contributed by atoms with E-state index in [2.05, 4.69) is 20.9 Å². The van der Waals surface area contributed by atoms with Crippen molar-refractivity contribution in [2.24, 2.45) is 0 Å². The fraction of sp³-hybridized carbons (Fsp3) is 0.368. The lowest BCUT2D eigenvalue weighted by molar-refractivity contribution is 0.0157. The number of ether oxygens (including phenoxy) is 1. The Morgan fingerprint density at radius 2 is 1.86 bits per heavy atom. The standard InChI is InChI=1S/C19H22BrN3O4S/c1-3-23(4-2)28(25,26)16-9-7-14(8-10-16)19(24)22-12-15(13-22)27-18-17(20)6-5-11-21-18/h5-11,15H,3-4,12-13H2,1-2H3. The van der Waals surface area contributed by atoms with Crippen LogP contribution in [0.3, 0.4) is 0 Å². The predicted octanol–water partition coefficient (Wildman–Crippen LogP) is 2.78. The Morgan fingerprint density at radius 3 is 2.43 bits per heavy atom. The number of halogens is 1. The normalized spacial score (nSPS) is 14.8. The van der Waals surface area contributed by atoms with E-state index in [4.69, 9.17) is 4.74 Å². The monoisotopic (exact) mass is 467 g/mol. The van der Waals surface area contributed by atoms with Gasteiger partial charge in [-0.25, -0.2) is 13.4 Å². The molecule has 1 aromatic carbocycles. The first-order valence-electron chi connectivity index (χ1n) is 9.03. The second-order valence-corrected chi connectivity index (χ2v) is 9.15. The van der Waals surface area contributed by atoms with Crippen molar-refractivity contribution in [1.82, 2.24) is 14.2 Å². The maximum atomic E-state index is 12.6. The molecule has 0 atom stereocenters. The number of nitrogens with zero attached hydrogens (tertiary/aromatic N) is 3. The number of carbonyl (C=O) groups is 1. The van der Waals surface area contributed by atoms with Gasteiger partial charge in [-0.3, -0.25) is 4.79 Å². The fourth-order valence-electron chi connectivity index (χ4n) is 2.96. The summed E-state index contributed by atoms with van der Waals surface area (Å²) in [5, 5.41) is 0. The molecule has 7 nitrogen and oxygen atoms in total. The summed E-state index contributed by atoms with van der Waals surface area (Å²) in [5.41, 5.74) is 0.455. The van der Waals surface area contributed by atoms with Gasteiger partial charge in [0.25, 0.3) is 5.91 Å². The minimum atomic E-state index is -3.53. The molecule has 1 fully saturated rings. The van der Waals surface area contributed by atoms with E-state index in [9.17, 15) is 13.2 Å². The van der Waals surface area contributed by atoms with Gasteiger partial charge in [0.05, 0.1) is 22.5 Å². The van der Waals surface area contributed by atoms with Crippen LogP contribution < -0.4 is 4.74 Å². The van der Waals surface area contributed by atoms with Crippen LogP contribution in [-0.2, 0) is 10.0 Å². The SMILES string of the molecule is CCN(CC)S(=O)(=O)c1ccc(C(=O)N2CC(Oc3ncccc3Br)C2)cc1. The number of benzene rings is 1. The van der Waals surface area contributed by atoms with Crippen molar-refractivity contribution in [2.45, 2.75) is 24.8 Å². The highest BCUT2D eigenvalue weighted by Crippen LogP contribution is 2.25. The van der Waals surface area contributed by atoms with Gasteiger partial charge in [-0.15, -0.1) is 0 Å². The summed E-state index contributed by atoms with van der Waals surface area (Å²) in [6, 6.07) is 9.74. The van der Waals surface area contributed by atoms with E-state index in [1.165, 1.54) is 16.4 Å². The minimum absolute atomic E-state index is 0.113. The molecule has 1 aliphatic heterocycles. The molecule has 0 bridgehead atoms. The van der Waals surface area contributed by atoms with Crippen molar-refractivity contribution in [1.29, 1.82) is 0 Å². The Labute approximate surface area is 173 Å². The number of carbonyl (C=O) groups excluding carboxylic acids is 1. The number of amides is 1. The molecule has 1 saturated heterocycles. The third-order valence-electron chi connectivity index (χ3n) is 4.58. The van der Waals surface area contributed by atoms with Crippen molar-refractivity contribution in [2.75, 3.05) is 26.2 Å². The van der Waals surface area contributed by atoms with Crippen LogP contribution in [-0.4, -0.2) is 60.8 Å². The molecule has 3 rings (SSSR count). The molecule has 1 aliphatic rings. The van der Waals surface area contributed by atoms with Crippen LogP contribution in [0.4, 0.5) is 0 Å². The topological polar surface area (TPSA) is 79.8 Å². The smallest absolute Gasteiger partial charge is 0.254 e. The zero-order valence-corrected chi connectivity index (χ0v) is 18.1. The lowest BCUT2D eigenvalue weighted by atomic mass is 10.1. The average Bonchev–Trinajstić information content (AvgIpc) is 2.66. The Hall–Kier alpha value is -1.97. The van der Waals surface area contributed by atoms with Gasteiger partial charge in [0.2, 0.25) is 15.9 Å². The predicted molar refractivity (Wildman–Crippen MR) is 109 cm³/mol. The van der Waals surface area contributed by atoms with Crippen molar-refractivity contribution < 1.29 is 17.9 Å². The fourth-order valence-corrected chi connectivity index (χ4v) is 4.77. The summed E-state index contributed by atoms with van der Waals surface area (Å²) in [4.78, 5) is 18.6. The van der Waals surface area contributed by atoms with E-state index in [0.717, 1.165) is 4.47 Å². The summed E-state index contributed by atoms with van der Waals surface area (Å²) in [7, 11) is -3.53. The molecule has 0 unspecified atom stereocenters. The van der Waals surface area contributed by atoms with Gasteiger partial charge in [-0.05, 0) is 52.3 Å². The third-order valence-corrected chi connectivity index (χ3v) is 7.25. The Bertz CT molecular complexity index is 940. The number of likely N-dealkylation sites (tertiary alicyclic amines) is 1. The van der Waals surface area contributed by atoms with Crippen LogP contribution in [0.15, 0.2) is 52.0 Å². The summed E-state index contributed by atoms with van der Waals surface area (Å²) in [5.74, 6) is 0.359. The van der Waals surface area contributed by atoms with Crippen molar-refractivity contribution in [3.05, 3.63) is 52.6 Å².